The second-order valence-electron chi connectivity index (χ2n) is 5.44. The van der Waals surface area contributed by atoms with Gasteiger partial charge < -0.3 is 0 Å². The standard InChI is InChI=1S/C19H22N2/c1-16(13-18-9-5-3-6-10-18)20-15-21-17(2)14-19-11-7-4-8-12-19/h3-12,16-17H,13-14H2,1-2H3. The van der Waals surface area contributed by atoms with Crippen LogP contribution in [0.15, 0.2) is 70.6 Å². The zero-order valence-electron chi connectivity index (χ0n) is 12.7. The third kappa shape index (κ3) is 5.76. The molecule has 0 saturated heterocycles. The van der Waals surface area contributed by atoms with Gasteiger partial charge in [0.05, 0.1) is 18.1 Å². The van der Waals surface area contributed by atoms with Crippen LogP contribution >= 0.6 is 0 Å². The minimum absolute atomic E-state index is 0.208. The van der Waals surface area contributed by atoms with Crippen LogP contribution in [0.1, 0.15) is 25.0 Å². The Bertz CT molecular complexity index is 532. The minimum Gasteiger partial charge on any atom is -0.222 e. The van der Waals surface area contributed by atoms with Gasteiger partial charge in [-0.15, -0.1) is 0 Å². The van der Waals surface area contributed by atoms with Crippen molar-refractivity contribution < 1.29 is 0 Å². The zero-order valence-corrected chi connectivity index (χ0v) is 12.7. The predicted molar refractivity (Wildman–Crippen MR) is 89.1 cm³/mol. The molecular weight excluding hydrogens is 256 g/mol. The molecule has 0 radical (unpaired) electrons. The van der Waals surface area contributed by atoms with Gasteiger partial charge in [-0.25, -0.2) is 9.98 Å². The summed E-state index contributed by atoms with van der Waals surface area (Å²) in [5.74, 6) is 0. The van der Waals surface area contributed by atoms with Gasteiger partial charge in [-0.2, -0.15) is 0 Å². The number of aliphatic imine (C=N–C) groups is 2. The maximum atomic E-state index is 4.38. The van der Waals surface area contributed by atoms with Gasteiger partial charge in [0.2, 0.25) is 0 Å². The van der Waals surface area contributed by atoms with E-state index in [0.29, 0.717) is 0 Å². The molecule has 0 saturated carbocycles. The summed E-state index contributed by atoms with van der Waals surface area (Å²) in [7, 11) is 0. The first kappa shape index (κ1) is 15.2. The maximum absolute atomic E-state index is 4.38. The molecule has 2 nitrogen and oxygen atoms in total. The third-order valence-electron chi connectivity index (χ3n) is 3.30. The molecule has 0 fully saturated rings. The summed E-state index contributed by atoms with van der Waals surface area (Å²) in [6.45, 7) is 4.19. The smallest absolute Gasteiger partial charge is 0.0898 e. The van der Waals surface area contributed by atoms with Gasteiger partial charge in [0.25, 0.3) is 0 Å². The van der Waals surface area contributed by atoms with Crippen LogP contribution in [0.25, 0.3) is 0 Å². The van der Waals surface area contributed by atoms with Crippen molar-refractivity contribution in [2.24, 2.45) is 9.98 Å². The zero-order chi connectivity index (χ0) is 14.9. The van der Waals surface area contributed by atoms with Crippen molar-refractivity contribution in [2.75, 3.05) is 0 Å². The number of hydrogen-bond donors (Lipinski definition) is 0. The number of hydrogen-bond acceptors (Lipinski definition) is 2. The lowest BCUT2D eigenvalue weighted by atomic mass is 10.1. The van der Waals surface area contributed by atoms with Gasteiger partial charge in [-0.3, -0.25) is 0 Å². The van der Waals surface area contributed by atoms with Crippen molar-refractivity contribution in [3.63, 3.8) is 0 Å². The fraction of sp³-hybridized carbons (Fsp3) is 0.316. The Balaban J connectivity index is 1.84. The van der Waals surface area contributed by atoms with Crippen LogP contribution in [0, 0.1) is 0 Å². The van der Waals surface area contributed by atoms with Crippen molar-refractivity contribution >= 4 is 6.01 Å². The second-order valence-corrected chi connectivity index (χ2v) is 5.44. The molecule has 108 valence electrons. The van der Waals surface area contributed by atoms with Gasteiger partial charge in [0.1, 0.15) is 0 Å². The molecule has 2 aromatic rings. The molecule has 0 aliphatic heterocycles. The molecule has 0 aliphatic carbocycles. The molecule has 2 atom stereocenters. The van der Waals surface area contributed by atoms with E-state index >= 15 is 0 Å². The van der Waals surface area contributed by atoms with E-state index in [-0.39, 0.29) is 12.1 Å². The molecule has 0 amide bonds. The molecule has 0 N–H and O–H groups in total. The second kappa shape index (κ2) is 8.18. The normalized spacial score (nSPS) is 13.0. The summed E-state index contributed by atoms with van der Waals surface area (Å²) in [6.07, 6.45) is 1.85. The van der Waals surface area contributed by atoms with Gasteiger partial charge in [0, 0.05) is 0 Å². The Labute approximate surface area is 127 Å². The van der Waals surface area contributed by atoms with Gasteiger partial charge >= 0.3 is 0 Å². The van der Waals surface area contributed by atoms with Crippen LogP contribution < -0.4 is 0 Å². The fourth-order valence-electron chi connectivity index (χ4n) is 2.23. The quantitative estimate of drug-likeness (QED) is 0.699. The molecule has 0 spiro atoms. The van der Waals surface area contributed by atoms with E-state index in [0.717, 1.165) is 12.8 Å². The van der Waals surface area contributed by atoms with Crippen molar-refractivity contribution in [1.29, 1.82) is 0 Å². The molecule has 2 aromatic carbocycles. The number of rotatable bonds is 6. The molecule has 0 aromatic heterocycles. The van der Waals surface area contributed by atoms with E-state index in [2.05, 4.69) is 78.4 Å². The van der Waals surface area contributed by atoms with E-state index in [1.54, 1.807) is 0 Å². The van der Waals surface area contributed by atoms with Gasteiger partial charge in [0.15, 0.2) is 0 Å². The highest BCUT2D eigenvalue weighted by atomic mass is 14.8. The van der Waals surface area contributed by atoms with Crippen LogP contribution in [-0.2, 0) is 12.8 Å². The Hall–Kier alpha value is -2.18. The monoisotopic (exact) mass is 278 g/mol. The summed E-state index contributed by atoms with van der Waals surface area (Å²) in [5, 5.41) is 0. The Morgan fingerprint density at radius 3 is 1.48 bits per heavy atom. The minimum atomic E-state index is 0.208. The van der Waals surface area contributed by atoms with E-state index in [4.69, 9.17) is 0 Å². The van der Waals surface area contributed by atoms with E-state index < -0.39 is 0 Å². The lowest BCUT2D eigenvalue weighted by molar-refractivity contribution is 0.726. The van der Waals surface area contributed by atoms with Crippen molar-refractivity contribution in [3.05, 3.63) is 71.8 Å². The highest BCUT2D eigenvalue weighted by Gasteiger charge is 2.01. The summed E-state index contributed by atoms with van der Waals surface area (Å²) >= 11 is 0. The van der Waals surface area contributed by atoms with E-state index in [1.165, 1.54) is 11.1 Å². The molecule has 2 unspecified atom stereocenters. The third-order valence-corrected chi connectivity index (χ3v) is 3.30. The first-order chi connectivity index (χ1) is 10.2. The average molecular weight is 278 g/mol. The molecule has 2 heteroatoms. The van der Waals surface area contributed by atoms with Crippen molar-refractivity contribution in [3.8, 4) is 0 Å². The van der Waals surface area contributed by atoms with E-state index in [9.17, 15) is 0 Å². The SMILES string of the molecule is CC(Cc1ccccc1)N=C=NC(C)Cc1ccccc1. The number of nitrogens with zero attached hydrogens (tertiary/aromatic N) is 2. The van der Waals surface area contributed by atoms with Crippen LogP contribution in [0.3, 0.4) is 0 Å². The molecule has 0 heterocycles. The molecule has 21 heavy (non-hydrogen) atoms. The van der Waals surface area contributed by atoms with Crippen LogP contribution in [0.5, 0.6) is 0 Å². The molecule has 0 bridgehead atoms. The fourth-order valence-corrected chi connectivity index (χ4v) is 2.23. The topological polar surface area (TPSA) is 24.7 Å². The van der Waals surface area contributed by atoms with Crippen LogP contribution in [-0.4, -0.2) is 18.1 Å². The average Bonchev–Trinajstić information content (AvgIpc) is 2.49. The van der Waals surface area contributed by atoms with Crippen LogP contribution in [0.4, 0.5) is 0 Å². The maximum Gasteiger partial charge on any atom is 0.0898 e. The first-order valence-corrected chi connectivity index (χ1v) is 7.46. The van der Waals surface area contributed by atoms with Gasteiger partial charge in [-0.05, 0) is 37.8 Å². The number of benzene rings is 2. The highest BCUT2D eigenvalue weighted by molar-refractivity contribution is 5.42. The Morgan fingerprint density at radius 2 is 1.10 bits per heavy atom. The van der Waals surface area contributed by atoms with Crippen molar-refractivity contribution in [1.82, 2.24) is 0 Å². The van der Waals surface area contributed by atoms with Crippen LogP contribution in [0.2, 0.25) is 0 Å². The Morgan fingerprint density at radius 1 is 0.714 bits per heavy atom. The van der Waals surface area contributed by atoms with Crippen molar-refractivity contribution in [2.45, 2.75) is 38.8 Å². The molecular formula is C19H22N2. The largest absolute Gasteiger partial charge is 0.222 e. The lowest BCUT2D eigenvalue weighted by Gasteiger charge is -2.05. The molecule has 0 aliphatic rings. The summed E-state index contributed by atoms with van der Waals surface area (Å²) in [4.78, 5) is 8.77. The molecule has 2 rings (SSSR count). The van der Waals surface area contributed by atoms with Gasteiger partial charge in [-0.1, -0.05) is 60.7 Å². The lowest BCUT2D eigenvalue weighted by Crippen LogP contribution is -2.04. The Kier molecular flexibility index (Phi) is 5.93. The predicted octanol–water partition coefficient (Wildman–Crippen LogP) is 4.42. The first-order valence-electron chi connectivity index (χ1n) is 7.46. The summed E-state index contributed by atoms with van der Waals surface area (Å²) in [5.41, 5.74) is 2.60. The summed E-state index contributed by atoms with van der Waals surface area (Å²) < 4.78 is 0. The highest BCUT2D eigenvalue weighted by Crippen LogP contribution is 2.06. The van der Waals surface area contributed by atoms with E-state index in [1.807, 2.05) is 12.1 Å². The summed E-state index contributed by atoms with van der Waals surface area (Å²) in [6, 6.07) is 24.1.